The van der Waals surface area contributed by atoms with Crippen LogP contribution in [0.4, 0.5) is 4.79 Å². The van der Waals surface area contributed by atoms with E-state index in [1.54, 1.807) is 60.6 Å². The molecule has 1 rings (SSSR count). The Bertz CT molecular complexity index is 1570. The number of carbonyl (C=O) groups is 8. The highest BCUT2D eigenvalue weighted by molar-refractivity contribution is 5.98. The molecular weight excluding hydrogens is 819 g/mol. The Balaban J connectivity index is 3.56. The van der Waals surface area contributed by atoms with Gasteiger partial charge < -0.3 is 56.2 Å². The summed E-state index contributed by atoms with van der Waals surface area (Å²) < 4.78 is 21.7. The fourth-order valence-corrected chi connectivity index (χ4v) is 6.26. The maximum Gasteiger partial charge on any atom is 0.408 e. The number of methoxy groups -OCH3 is 1. The average Bonchev–Trinajstić information content (AvgIpc) is 3.15. The lowest BCUT2D eigenvalue weighted by molar-refractivity contribution is -0.146. The molecule has 0 saturated carbocycles. The van der Waals surface area contributed by atoms with E-state index in [9.17, 15) is 38.4 Å². The van der Waals surface area contributed by atoms with Crippen LogP contribution in [0.3, 0.4) is 0 Å². The molecule has 63 heavy (non-hydrogen) atoms. The van der Waals surface area contributed by atoms with Crippen LogP contribution in [0.5, 0.6) is 0 Å². The second-order valence-corrected chi connectivity index (χ2v) is 18.9. The van der Waals surface area contributed by atoms with E-state index in [1.165, 1.54) is 21.0 Å². The van der Waals surface area contributed by atoms with Crippen LogP contribution in [0.25, 0.3) is 0 Å². The molecule has 0 aliphatic carbocycles. The van der Waals surface area contributed by atoms with Crippen molar-refractivity contribution in [2.45, 2.75) is 163 Å². The molecule has 0 aromatic rings. The van der Waals surface area contributed by atoms with E-state index in [0.717, 1.165) is 0 Å². The second-order valence-electron chi connectivity index (χ2n) is 18.9. The normalized spacial score (nSPS) is 23.0. The van der Waals surface area contributed by atoms with Crippen LogP contribution in [0, 0.1) is 23.7 Å². The highest BCUT2D eigenvalue weighted by Gasteiger charge is 2.38. The lowest BCUT2D eigenvalue weighted by atomic mass is 9.97. The minimum atomic E-state index is -1.62. The van der Waals surface area contributed by atoms with E-state index in [-0.39, 0.29) is 63.9 Å². The van der Waals surface area contributed by atoms with Gasteiger partial charge in [-0.3, -0.25) is 28.8 Å². The number of ether oxygens (including phenoxy) is 4. The van der Waals surface area contributed by atoms with Crippen molar-refractivity contribution in [1.29, 1.82) is 0 Å². The Morgan fingerprint density at radius 3 is 1.90 bits per heavy atom. The van der Waals surface area contributed by atoms with E-state index in [4.69, 9.17) is 18.9 Å². The fraction of sp³-hybridized carbons (Fsp3) is 0.773. The second kappa shape index (κ2) is 26.8. The molecule has 0 bridgehead atoms. The molecule has 7 N–H and O–H groups in total. The smallest absolute Gasteiger partial charge is 0.408 e. The van der Waals surface area contributed by atoms with Crippen LogP contribution in [0.1, 0.15) is 116 Å². The van der Waals surface area contributed by atoms with Gasteiger partial charge in [-0.2, -0.15) is 0 Å². The first-order valence-electron chi connectivity index (χ1n) is 21.9. The first-order valence-corrected chi connectivity index (χ1v) is 21.9. The molecule has 19 heteroatoms. The first kappa shape index (κ1) is 56.2. The van der Waals surface area contributed by atoms with Crippen LogP contribution < -0.4 is 37.2 Å². The van der Waals surface area contributed by atoms with E-state index < -0.39 is 107 Å². The monoisotopic (exact) mass is 896 g/mol. The van der Waals surface area contributed by atoms with Crippen LogP contribution in [0.15, 0.2) is 12.2 Å². The Labute approximate surface area is 373 Å². The zero-order valence-corrected chi connectivity index (χ0v) is 40.0. The third-order valence-corrected chi connectivity index (χ3v) is 9.67. The largest absolute Gasteiger partial charge is 0.467 e. The van der Waals surface area contributed by atoms with Crippen molar-refractivity contribution in [3.63, 3.8) is 0 Å². The van der Waals surface area contributed by atoms with Gasteiger partial charge in [0.15, 0.2) is 0 Å². The number of esters is 1. The molecule has 0 aromatic carbocycles. The van der Waals surface area contributed by atoms with Crippen molar-refractivity contribution in [3.05, 3.63) is 12.2 Å². The summed E-state index contributed by atoms with van der Waals surface area (Å²) in [6.45, 7) is 22.5. The van der Waals surface area contributed by atoms with Crippen molar-refractivity contribution < 1.29 is 57.3 Å². The van der Waals surface area contributed by atoms with Crippen molar-refractivity contribution in [1.82, 2.24) is 37.2 Å². The minimum absolute atomic E-state index is 0.000530. The zero-order chi connectivity index (χ0) is 48.2. The number of carbonyl (C=O) groups excluding carboxylic acids is 8. The van der Waals surface area contributed by atoms with Crippen LogP contribution >= 0.6 is 0 Å². The average molecular weight is 896 g/mol. The van der Waals surface area contributed by atoms with Gasteiger partial charge in [-0.25, -0.2) is 9.59 Å². The van der Waals surface area contributed by atoms with Gasteiger partial charge >= 0.3 is 12.1 Å². The predicted octanol–water partition coefficient (Wildman–Crippen LogP) is 2.16. The Morgan fingerprint density at radius 2 is 1.40 bits per heavy atom. The van der Waals surface area contributed by atoms with Gasteiger partial charge in [0, 0.05) is 13.2 Å². The summed E-state index contributed by atoms with van der Waals surface area (Å²) >= 11 is 0. The summed E-state index contributed by atoms with van der Waals surface area (Å²) in [5.41, 5.74) is -2.45. The molecular formula is C44H77N7O12. The maximum atomic E-state index is 14.0. The molecule has 1 heterocycles. The predicted molar refractivity (Wildman–Crippen MR) is 236 cm³/mol. The van der Waals surface area contributed by atoms with Crippen molar-refractivity contribution in [3.8, 4) is 0 Å². The standard InChI is InChI=1S/C44H77N7O12/c1-25(2)23-31-37(54)51-44(12,13)41(58)49-33(27(5)6)38(55)45-30(36(53)48-32(24-26(3)4)40(57)60-14)18-22-62-20-16-15-19-61-21-17-29(35(52)47-31)46-39(56)34(28(7)8)50-42(59)63-43(9,10)11/h15-16,25-34H,17-24H2,1-14H3,(H,45,55)(H,46,56)(H,47,52)(H,48,53)(H,49,58)(H,50,59)(H,51,54)/b16-15+/t29-,30?,31-,32-,33?,34-/m0/s1. The summed E-state index contributed by atoms with van der Waals surface area (Å²) in [6, 6.07) is -6.77. The number of hydrogen-bond acceptors (Lipinski definition) is 12. The summed E-state index contributed by atoms with van der Waals surface area (Å²) in [4.78, 5) is 108. The topological polar surface area (TPSA) is 258 Å². The Kier molecular flexibility index (Phi) is 23.9. The van der Waals surface area contributed by atoms with E-state index in [2.05, 4.69) is 37.2 Å². The SMILES string of the molecule is COC(=O)[C@H](CC(C)C)NC(=O)C1CCOC/C=C/COCC[C@H](NC(=O)[C@@H](NC(=O)OC(C)(C)C)C(C)C)C(=O)N[C@@H](CC(C)C)C(=O)NC(C)(C)C(=O)NC(C(C)C)C(=O)N1. The molecule has 1 aliphatic rings. The lowest BCUT2D eigenvalue weighted by Crippen LogP contribution is -2.64. The number of alkyl carbamates (subject to hydrolysis) is 1. The quantitative estimate of drug-likeness (QED) is 0.110. The molecule has 360 valence electrons. The van der Waals surface area contributed by atoms with Crippen LogP contribution in [-0.2, 0) is 52.5 Å². The molecule has 0 fully saturated rings. The lowest BCUT2D eigenvalue weighted by Gasteiger charge is -2.32. The fourth-order valence-electron chi connectivity index (χ4n) is 6.26. The molecule has 1 aliphatic heterocycles. The zero-order valence-electron chi connectivity index (χ0n) is 40.0. The molecule has 0 saturated heterocycles. The minimum Gasteiger partial charge on any atom is -0.467 e. The molecule has 0 aromatic heterocycles. The molecule has 19 nitrogen and oxygen atoms in total. The summed E-state index contributed by atoms with van der Waals surface area (Å²) in [5.74, 6) is -5.72. The van der Waals surface area contributed by atoms with Gasteiger partial charge in [-0.15, -0.1) is 0 Å². The third kappa shape index (κ3) is 21.4. The molecule has 2 unspecified atom stereocenters. The van der Waals surface area contributed by atoms with E-state index in [0.29, 0.717) is 0 Å². The summed E-state index contributed by atoms with van der Waals surface area (Å²) in [5, 5.41) is 18.9. The maximum absolute atomic E-state index is 14.0. The van der Waals surface area contributed by atoms with Gasteiger partial charge in [0.25, 0.3) is 0 Å². The summed E-state index contributed by atoms with van der Waals surface area (Å²) in [7, 11) is 1.22. The molecule has 7 amide bonds. The Hall–Kier alpha value is -4.78. The highest BCUT2D eigenvalue weighted by atomic mass is 16.6. The summed E-state index contributed by atoms with van der Waals surface area (Å²) in [6.07, 6.45) is 2.99. The van der Waals surface area contributed by atoms with E-state index >= 15 is 0 Å². The van der Waals surface area contributed by atoms with Gasteiger partial charge in [-0.1, -0.05) is 67.5 Å². The molecule has 6 atom stereocenters. The van der Waals surface area contributed by atoms with E-state index in [1.807, 2.05) is 27.7 Å². The van der Waals surface area contributed by atoms with Crippen molar-refractivity contribution >= 4 is 47.5 Å². The van der Waals surface area contributed by atoms with Gasteiger partial charge in [0.05, 0.1) is 20.3 Å². The third-order valence-electron chi connectivity index (χ3n) is 9.67. The number of amides is 7. The van der Waals surface area contributed by atoms with Gasteiger partial charge in [0.1, 0.15) is 47.4 Å². The first-order chi connectivity index (χ1) is 29.2. The highest BCUT2D eigenvalue weighted by Crippen LogP contribution is 2.14. The number of nitrogens with one attached hydrogen (secondary N) is 7. The van der Waals surface area contributed by atoms with Gasteiger partial charge in [0.2, 0.25) is 35.4 Å². The molecule has 0 spiro atoms. The Morgan fingerprint density at radius 1 is 0.810 bits per heavy atom. The van der Waals surface area contributed by atoms with Crippen LogP contribution in [-0.4, -0.2) is 128 Å². The molecule has 0 radical (unpaired) electrons. The van der Waals surface area contributed by atoms with Gasteiger partial charge in [-0.05, 0) is 84.0 Å². The van der Waals surface area contributed by atoms with Crippen LogP contribution in [0.2, 0.25) is 0 Å². The number of hydrogen-bond donors (Lipinski definition) is 7. The van der Waals surface area contributed by atoms with Crippen molar-refractivity contribution in [2.24, 2.45) is 23.7 Å². The number of rotatable bonds is 12. The van der Waals surface area contributed by atoms with Crippen molar-refractivity contribution in [2.75, 3.05) is 33.5 Å².